The van der Waals surface area contributed by atoms with Crippen molar-refractivity contribution in [1.29, 1.82) is 0 Å². The molecule has 3 nitrogen and oxygen atoms in total. The van der Waals surface area contributed by atoms with Gasteiger partial charge in [-0.25, -0.2) is 0 Å². The Balaban J connectivity index is 2.25. The van der Waals surface area contributed by atoms with E-state index in [1.165, 1.54) is 13.5 Å². The Morgan fingerprint density at radius 1 is 1.54 bits per heavy atom. The van der Waals surface area contributed by atoms with E-state index in [0.29, 0.717) is 12.5 Å². The second kappa shape index (κ2) is 4.61. The summed E-state index contributed by atoms with van der Waals surface area (Å²) >= 11 is 0. The molecule has 1 aliphatic heterocycles. The highest BCUT2D eigenvalue weighted by atomic mass is 16.5. The number of carbonyl (C=O) groups is 1. The van der Waals surface area contributed by atoms with E-state index in [-0.39, 0.29) is 5.97 Å². The zero-order valence-corrected chi connectivity index (χ0v) is 8.75. The third kappa shape index (κ3) is 2.99. The van der Waals surface area contributed by atoms with Crippen LogP contribution in [-0.4, -0.2) is 37.1 Å². The smallest absolute Gasteiger partial charge is 0.306 e. The molecular weight excluding hydrogens is 166 g/mol. The van der Waals surface area contributed by atoms with Crippen molar-refractivity contribution < 1.29 is 9.53 Å². The van der Waals surface area contributed by atoms with Crippen LogP contribution in [0.3, 0.4) is 0 Å². The first-order valence-corrected chi connectivity index (χ1v) is 4.94. The normalized spacial score (nSPS) is 29.2. The van der Waals surface area contributed by atoms with Crippen LogP contribution in [0.25, 0.3) is 0 Å². The van der Waals surface area contributed by atoms with Gasteiger partial charge in [-0.15, -0.1) is 0 Å². The van der Waals surface area contributed by atoms with E-state index in [1.807, 2.05) is 0 Å². The summed E-state index contributed by atoms with van der Waals surface area (Å²) in [6, 6.07) is 0.625. The third-order valence-corrected chi connectivity index (χ3v) is 2.74. The highest BCUT2D eigenvalue weighted by molar-refractivity contribution is 5.69. The van der Waals surface area contributed by atoms with Crippen molar-refractivity contribution in [2.75, 3.05) is 20.2 Å². The van der Waals surface area contributed by atoms with E-state index in [0.717, 1.165) is 19.0 Å². The zero-order chi connectivity index (χ0) is 9.84. The van der Waals surface area contributed by atoms with Crippen molar-refractivity contribution in [1.82, 2.24) is 4.90 Å². The molecule has 1 saturated heterocycles. The van der Waals surface area contributed by atoms with Crippen molar-refractivity contribution in [3.63, 3.8) is 0 Å². The monoisotopic (exact) mass is 185 g/mol. The van der Waals surface area contributed by atoms with E-state index in [1.54, 1.807) is 0 Å². The molecule has 1 aliphatic rings. The molecule has 1 rings (SSSR count). The van der Waals surface area contributed by atoms with Crippen LogP contribution in [-0.2, 0) is 9.53 Å². The average Bonchev–Trinajstić information content (AvgIpc) is 2.41. The van der Waals surface area contributed by atoms with Gasteiger partial charge in [-0.1, -0.05) is 6.92 Å². The second-order valence-corrected chi connectivity index (χ2v) is 4.01. The summed E-state index contributed by atoms with van der Waals surface area (Å²) in [6.07, 6.45) is 1.77. The predicted molar refractivity (Wildman–Crippen MR) is 51.4 cm³/mol. The van der Waals surface area contributed by atoms with Crippen LogP contribution >= 0.6 is 0 Å². The maximum atomic E-state index is 10.9. The summed E-state index contributed by atoms with van der Waals surface area (Å²) in [4.78, 5) is 13.3. The second-order valence-electron chi connectivity index (χ2n) is 4.01. The van der Waals surface area contributed by atoms with Gasteiger partial charge in [0.05, 0.1) is 13.5 Å². The maximum absolute atomic E-state index is 10.9. The minimum atomic E-state index is -0.105. The molecule has 0 aromatic heterocycles. The Bertz CT molecular complexity index is 182. The van der Waals surface area contributed by atoms with E-state index >= 15 is 0 Å². The van der Waals surface area contributed by atoms with Crippen molar-refractivity contribution in [2.45, 2.75) is 32.7 Å². The standard InChI is InChI=1S/C10H19NO2/c1-8-6-9(2)11(7-8)5-4-10(12)13-3/h8-9H,4-7H2,1-3H3. The number of hydrogen-bond acceptors (Lipinski definition) is 3. The SMILES string of the molecule is COC(=O)CCN1CC(C)CC1C. The summed E-state index contributed by atoms with van der Waals surface area (Å²) in [5, 5.41) is 0. The topological polar surface area (TPSA) is 29.5 Å². The van der Waals surface area contributed by atoms with Crippen molar-refractivity contribution >= 4 is 5.97 Å². The number of methoxy groups -OCH3 is 1. The number of hydrogen-bond donors (Lipinski definition) is 0. The Hall–Kier alpha value is -0.570. The molecule has 1 heterocycles. The summed E-state index contributed by atoms with van der Waals surface area (Å²) in [6.45, 7) is 6.45. The molecular formula is C10H19NO2. The van der Waals surface area contributed by atoms with Crippen molar-refractivity contribution in [3.8, 4) is 0 Å². The van der Waals surface area contributed by atoms with Crippen LogP contribution in [0.1, 0.15) is 26.7 Å². The third-order valence-electron chi connectivity index (χ3n) is 2.74. The van der Waals surface area contributed by atoms with Crippen LogP contribution in [0.5, 0.6) is 0 Å². The number of carbonyl (C=O) groups excluding carboxylic acids is 1. The Labute approximate surface area is 80.1 Å². The van der Waals surface area contributed by atoms with Crippen LogP contribution in [0.15, 0.2) is 0 Å². The number of likely N-dealkylation sites (tertiary alicyclic amines) is 1. The molecule has 0 N–H and O–H groups in total. The average molecular weight is 185 g/mol. The predicted octanol–water partition coefficient (Wildman–Crippen LogP) is 1.28. The van der Waals surface area contributed by atoms with Gasteiger partial charge in [0.25, 0.3) is 0 Å². The summed E-state index contributed by atoms with van der Waals surface area (Å²) in [5.41, 5.74) is 0. The molecule has 13 heavy (non-hydrogen) atoms. The molecule has 3 heteroatoms. The molecule has 2 unspecified atom stereocenters. The van der Waals surface area contributed by atoms with Gasteiger partial charge < -0.3 is 4.74 Å². The molecule has 76 valence electrons. The van der Waals surface area contributed by atoms with E-state index < -0.39 is 0 Å². The largest absolute Gasteiger partial charge is 0.469 e. The molecule has 0 aromatic rings. The molecule has 0 amide bonds. The van der Waals surface area contributed by atoms with Crippen LogP contribution in [0.2, 0.25) is 0 Å². The van der Waals surface area contributed by atoms with Gasteiger partial charge in [-0.05, 0) is 19.3 Å². The first kappa shape index (κ1) is 10.5. The van der Waals surface area contributed by atoms with Crippen molar-refractivity contribution in [3.05, 3.63) is 0 Å². The first-order chi connectivity index (χ1) is 6.13. The lowest BCUT2D eigenvalue weighted by atomic mass is 10.1. The first-order valence-electron chi connectivity index (χ1n) is 4.94. The van der Waals surface area contributed by atoms with Crippen molar-refractivity contribution in [2.24, 2.45) is 5.92 Å². The summed E-state index contributed by atoms with van der Waals surface area (Å²) < 4.78 is 4.61. The zero-order valence-electron chi connectivity index (χ0n) is 8.75. The molecule has 0 saturated carbocycles. The molecule has 0 bridgehead atoms. The highest BCUT2D eigenvalue weighted by Crippen LogP contribution is 2.21. The number of esters is 1. The molecule has 0 spiro atoms. The van der Waals surface area contributed by atoms with Crippen LogP contribution in [0.4, 0.5) is 0 Å². The molecule has 0 radical (unpaired) electrons. The van der Waals surface area contributed by atoms with Gasteiger partial charge in [0, 0.05) is 19.1 Å². The fourth-order valence-electron chi connectivity index (χ4n) is 2.03. The van der Waals surface area contributed by atoms with Crippen LogP contribution in [0, 0.1) is 5.92 Å². The van der Waals surface area contributed by atoms with E-state index in [4.69, 9.17) is 0 Å². The van der Waals surface area contributed by atoms with Gasteiger partial charge in [0.2, 0.25) is 0 Å². The number of ether oxygens (including phenoxy) is 1. The fraction of sp³-hybridized carbons (Fsp3) is 0.900. The van der Waals surface area contributed by atoms with Gasteiger partial charge in [0.15, 0.2) is 0 Å². The van der Waals surface area contributed by atoms with Gasteiger partial charge in [-0.2, -0.15) is 0 Å². The Morgan fingerprint density at radius 3 is 2.69 bits per heavy atom. The van der Waals surface area contributed by atoms with E-state index in [2.05, 4.69) is 23.5 Å². The quantitative estimate of drug-likeness (QED) is 0.620. The minimum Gasteiger partial charge on any atom is -0.469 e. The lowest BCUT2D eigenvalue weighted by molar-refractivity contribution is -0.141. The molecule has 1 fully saturated rings. The van der Waals surface area contributed by atoms with E-state index in [9.17, 15) is 4.79 Å². The number of rotatable bonds is 3. The Kier molecular flexibility index (Phi) is 3.72. The van der Waals surface area contributed by atoms with Gasteiger partial charge in [0.1, 0.15) is 0 Å². The number of nitrogens with zero attached hydrogens (tertiary/aromatic N) is 1. The molecule has 2 atom stereocenters. The fourth-order valence-corrected chi connectivity index (χ4v) is 2.03. The molecule has 0 aromatic carbocycles. The summed E-state index contributed by atoms with van der Waals surface area (Å²) in [5.74, 6) is 0.666. The summed E-state index contributed by atoms with van der Waals surface area (Å²) in [7, 11) is 1.44. The minimum absolute atomic E-state index is 0.105. The van der Waals surface area contributed by atoms with Crippen LogP contribution < -0.4 is 0 Å². The van der Waals surface area contributed by atoms with Gasteiger partial charge in [-0.3, -0.25) is 9.69 Å². The Morgan fingerprint density at radius 2 is 2.23 bits per heavy atom. The van der Waals surface area contributed by atoms with Gasteiger partial charge >= 0.3 is 5.97 Å². The maximum Gasteiger partial charge on any atom is 0.306 e. The molecule has 0 aliphatic carbocycles. The lowest BCUT2D eigenvalue weighted by Crippen LogP contribution is -2.29. The lowest BCUT2D eigenvalue weighted by Gasteiger charge is -2.19. The highest BCUT2D eigenvalue weighted by Gasteiger charge is 2.25.